The van der Waals surface area contributed by atoms with Gasteiger partial charge in [0.1, 0.15) is 22.8 Å². The zero-order valence-electron chi connectivity index (χ0n) is 21.8. The van der Waals surface area contributed by atoms with E-state index in [1.54, 1.807) is 36.9 Å². The second-order valence-electron chi connectivity index (χ2n) is 9.32. The van der Waals surface area contributed by atoms with E-state index in [0.717, 1.165) is 34.8 Å². The summed E-state index contributed by atoms with van der Waals surface area (Å²) in [6.07, 6.45) is 8.89. The summed E-state index contributed by atoms with van der Waals surface area (Å²) in [6.45, 7) is 2.05. The maximum absolute atomic E-state index is 14.2. The molecule has 0 saturated carbocycles. The SMILES string of the molecule is CCCCC(=O)Nc1cncc(-c2cc3c(-c4nc5c(-c6cc(F)cc(OC)c6)nccc5[nH]4)n[nH]c3cn2)c1. The summed E-state index contributed by atoms with van der Waals surface area (Å²) >= 11 is 0. The number of nitrogens with one attached hydrogen (secondary N) is 3. The van der Waals surface area contributed by atoms with E-state index in [2.05, 4.69) is 35.5 Å². The molecule has 1 aromatic carbocycles. The fraction of sp³-hybridized carbons (Fsp3) is 0.172. The lowest BCUT2D eigenvalue weighted by Crippen LogP contribution is -2.11. The van der Waals surface area contributed by atoms with Gasteiger partial charge in [-0.25, -0.2) is 9.37 Å². The van der Waals surface area contributed by atoms with Gasteiger partial charge in [0, 0.05) is 41.4 Å². The molecule has 1 amide bonds. The van der Waals surface area contributed by atoms with Gasteiger partial charge in [-0.15, -0.1) is 0 Å². The number of imidazole rings is 1. The van der Waals surface area contributed by atoms with Gasteiger partial charge >= 0.3 is 0 Å². The van der Waals surface area contributed by atoms with Gasteiger partial charge in [-0.2, -0.15) is 5.10 Å². The molecular formula is C29H25FN8O2. The van der Waals surface area contributed by atoms with Gasteiger partial charge < -0.3 is 15.0 Å². The van der Waals surface area contributed by atoms with Crippen LogP contribution in [0.5, 0.6) is 5.75 Å². The molecule has 0 unspecified atom stereocenters. The number of rotatable bonds is 8. The third-order valence-electron chi connectivity index (χ3n) is 6.53. The topological polar surface area (TPSA) is 134 Å². The number of hydrogen-bond donors (Lipinski definition) is 3. The number of benzene rings is 1. The molecule has 5 heterocycles. The highest BCUT2D eigenvalue weighted by Crippen LogP contribution is 2.33. The Morgan fingerprint density at radius 2 is 1.93 bits per heavy atom. The van der Waals surface area contributed by atoms with Crippen molar-refractivity contribution in [3.8, 4) is 39.8 Å². The maximum Gasteiger partial charge on any atom is 0.224 e. The number of fused-ring (bicyclic) bond motifs is 2. The Morgan fingerprint density at radius 3 is 2.77 bits per heavy atom. The molecule has 5 aromatic heterocycles. The van der Waals surface area contributed by atoms with E-state index < -0.39 is 5.82 Å². The van der Waals surface area contributed by atoms with Crippen LogP contribution in [0.2, 0.25) is 0 Å². The van der Waals surface area contributed by atoms with Crippen LogP contribution < -0.4 is 10.1 Å². The number of unbranched alkanes of at least 4 members (excludes halogenated alkanes) is 1. The highest BCUT2D eigenvalue weighted by atomic mass is 19.1. The molecule has 0 aliphatic rings. The van der Waals surface area contributed by atoms with Gasteiger partial charge in [0.25, 0.3) is 0 Å². The lowest BCUT2D eigenvalue weighted by atomic mass is 10.1. The monoisotopic (exact) mass is 536 g/mol. The second-order valence-corrected chi connectivity index (χ2v) is 9.32. The number of halogens is 1. The van der Waals surface area contributed by atoms with E-state index in [1.165, 1.54) is 19.2 Å². The lowest BCUT2D eigenvalue weighted by molar-refractivity contribution is -0.116. The van der Waals surface area contributed by atoms with E-state index in [4.69, 9.17) is 9.72 Å². The molecule has 6 aromatic rings. The molecule has 0 saturated heterocycles. The fourth-order valence-electron chi connectivity index (χ4n) is 4.54. The third-order valence-corrected chi connectivity index (χ3v) is 6.53. The van der Waals surface area contributed by atoms with Crippen LogP contribution in [0.3, 0.4) is 0 Å². The first-order valence-corrected chi connectivity index (χ1v) is 12.8. The molecule has 200 valence electrons. The quantitative estimate of drug-likeness (QED) is 0.220. The Bertz CT molecular complexity index is 1860. The number of anilines is 1. The van der Waals surface area contributed by atoms with Crippen molar-refractivity contribution in [2.45, 2.75) is 26.2 Å². The maximum atomic E-state index is 14.2. The van der Waals surface area contributed by atoms with Gasteiger partial charge in [0.2, 0.25) is 5.91 Å². The number of aromatic nitrogens is 7. The fourth-order valence-corrected chi connectivity index (χ4v) is 4.54. The molecule has 0 aliphatic carbocycles. The number of carbonyl (C=O) groups excluding carboxylic acids is 1. The summed E-state index contributed by atoms with van der Waals surface area (Å²) in [4.78, 5) is 33.6. The number of carbonyl (C=O) groups is 1. The van der Waals surface area contributed by atoms with Crippen molar-refractivity contribution < 1.29 is 13.9 Å². The Balaban J connectivity index is 1.38. The number of aromatic amines is 2. The van der Waals surface area contributed by atoms with Crippen molar-refractivity contribution in [1.29, 1.82) is 0 Å². The van der Waals surface area contributed by atoms with Gasteiger partial charge in [-0.3, -0.25) is 24.8 Å². The number of H-pyrrole nitrogens is 2. The largest absolute Gasteiger partial charge is 0.497 e. The van der Waals surface area contributed by atoms with Crippen LogP contribution in [-0.2, 0) is 4.79 Å². The number of amides is 1. The summed E-state index contributed by atoms with van der Waals surface area (Å²) < 4.78 is 19.5. The molecule has 0 fully saturated rings. The van der Waals surface area contributed by atoms with E-state index in [-0.39, 0.29) is 5.91 Å². The summed E-state index contributed by atoms with van der Waals surface area (Å²) in [6, 6.07) is 9.98. The van der Waals surface area contributed by atoms with Crippen molar-refractivity contribution in [3.63, 3.8) is 0 Å². The molecule has 40 heavy (non-hydrogen) atoms. The third kappa shape index (κ3) is 4.84. The van der Waals surface area contributed by atoms with E-state index in [1.807, 2.05) is 19.1 Å². The minimum absolute atomic E-state index is 0.0447. The van der Waals surface area contributed by atoms with Crippen molar-refractivity contribution in [2.75, 3.05) is 12.4 Å². The Morgan fingerprint density at radius 1 is 1.02 bits per heavy atom. The highest BCUT2D eigenvalue weighted by Gasteiger charge is 2.18. The molecule has 0 bridgehead atoms. The normalized spacial score (nSPS) is 11.3. The molecule has 10 nitrogen and oxygen atoms in total. The van der Waals surface area contributed by atoms with Crippen LogP contribution in [0, 0.1) is 5.82 Å². The van der Waals surface area contributed by atoms with Gasteiger partial charge in [-0.05, 0) is 36.8 Å². The van der Waals surface area contributed by atoms with Crippen molar-refractivity contribution >= 4 is 33.5 Å². The van der Waals surface area contributed by atoms with Crippen LogP contribution in [0.1, 0.15) is 26.2 Å². The minimum Gasteiger partial charge on any atom is -0.497 e. The molecule has 11 heteroatoms. The smallest absolute Gasteiger partial charge is 0.224 e. The van der Waals surface area contributed by atoms with E-state index >= 15 is 0 Å². The molecular weight excluding hydrogens is 511 g/mol. The zero-order chi connectivity index (χ0) is 27.6. The summed E-state index contributed by atoms with van der Waals surface area (Å²) in [7, 11) is 1.49. The number of methoxy groups -OCH3 is 1. The van der Waals surface area contributed by atoms with E-state index in [9.17, 15) is 9.18 Å². The van der Waals surface area contributed by atoms with Crippen LogP contribution in [0.4, 0.5) is 10.1 Å². The number of nitrogens with zero attached hydrogens (tertiary/aromatic N) is 5. The van der Waals surface area contributed by atoms with Crippen LogP contribution >= 0.6 is 0 Å². The van der Waals surface area contributed by atoms with Crippen LogP contribution in [0.15, 0.2) is 61.2 Å². The Kier molecular flexibility index (Phi) is 6.61. The number of hydrogen-bond acceptors (Lipinski definition) is 7. The van der Waals surface area contributed by atoms with Crippen molar-refractivity contribution in [2.24, 2.45) is 0 Å². The average Bonchev–Trinajstić information content (AvgIpc) is 3.59. The zero-order valence-corrected chi connectivity index (χ0v) is 21.8. The molecule has 6 rings (SSSR count). The Hall–Kier alpha value is -5.19. The predicted molar refractivity (Wildman–Crippen MR) is 150 cm³/mol. The Labute approximate surface area is 228 Å². The van der Waals surface area contributed by atoms with Crippen LogP contribution in [-0.4, -0.2) is 48.1 Å². The second kappa shape index (κ2) is 10.5. The molecule has 0 aliphatic heterocycles. The minimum atomic E-state index is -0.429. The van der Waals surface area contributed by atoms with E-state index in [0.29, 0.717) is 51.8 Å². The van der Waals surface area contributed by atoms with Crippen LogP contribution in [0.25, 0.3) is 56.0 Å². The first-order chi connectivity index (χ1) is 19.5. The van der Waals surface area contributed by atoms with Gasteiger partial charge in [0.15, 0.2) is 5.82 Å². The highest BCUT2D eigenvalue weighted by molar-refractivity contribution is 5.97. The first kappa shape index (κ1) is 25.1. The van der Waals surface area contributed by atoms with Crippen molar-refractivity contribution in [1.82, 2.24) is 35.1 Å². The number of ether oxygens (including phenoxy) is 1. The molecule has 3 N–H and O–H groups in total. The first-order valence-electron chi connectivity index (χ1n) is 12.8. The molecule has 0 atom stereocenters. The van der Waals surface area contributed by atoms with Gasteiger partial charge in [0.05, 0.1) is 47.6 Å². The molecule has 0 radical (unpaired) electrons. The average molecular weight is 537 g/mol. The molecule has 0 spiro atoms. The summed E-state index contributed by atoms with van der Waals surface area (Å²) in [5, 5.41) is 11.2. The van der Waals surface area contributed by atoms with Crippen molar-refractivity contribution in [3.05, 3.63) is 67.0 Å². The number of pyridine rings is 3. The summed E-state index contributed by atoms with van der Waals surface area (Å²) in [5.41, 5.74) is 5.71. The lowest BCUT2D eigenvalue weighted by Gasteiger charge is -2.07. The predicted octanol–water partition coefficient (Wildman–Crippen LogP) is 5.90. The summed E-state index contributed by atoms with van der Waals surface area (Å²) in [5.74, 6) is 0.436. The van der Waals surface area contributed by atoms with Gasteiger partial charge in [-0.1, -0.05) is 13.3 Å². The standard InChI is InChI=1S/C29H25FN8O2/c1-3-4-5-25(39)34-19-9-17(13-31-14-19)23-12-21-24(15-33-23)37-38-27(21)29-35-22-6-7-32-26(28(22)36-29)16-8-18(30)11-20(10-16)40-2/h6-15H,3-5H2,1-2H3,(H,34,39)(H,35,36)(H,37,38).